The van der Waals surface area contributed by atoms with Crippen LogP contribution in [0.5, 0.6) is 0 Å². The molecule has 0 spiro atoms. The Labute approximate surface area is 173 Å². The molecule has 0 fully saturated rings. The lowest BCUT2D eigenvalue weighted by atomic mass is 9.93. The molecule has 5 nitrogen and oxygen atoms in total. The number of halogens is 1. The second kappa shape index (κ2) is 8.54. The molecular formula is C21H20ClN3O2S. The van der Waals surface area contributed by atoms with Gasteiger partial charge in [-0.3, -0.25) is 10.2 Å². The Morgan fingerprint density at radius 3 is 2.43 bits per heavy atom. The molecule has 0 atom stereocenters. The van der Waals surface area contributed by atoms with Crippen molar-refractivity contribution in [3.05, 3.63) is 70.2 Å². The molecule has 0 radical (unpaired) electrons. The van der Waals surface area contributed by atoms with Gasteiger partial charge >= 0.3 is 6.09 Å². The molecule has 0 aliphatic carbocycles. The molecule has 1 aromatic heterocycles. The lowest BCUT2D eigenvalue weighted by Gasteiger charge is -2.14. The minimum atomic E-state index is -0.673. The van der Waals surface area contributed by atoms with Gasteiger partial charge in [-0.05, 0) is 29.8 Å². The number of nitrogens with zero attached hydrogens (tertiary/aromatic N) is 2. The van der Waals surface area contributed by atoms with Gasteiger partial charge in [0.15, 0.2) is 0 Å². The quantitative estimate of drug-likeness (QED) is 0.308. The number of rotatable bonds is 4. The summed E-state index contributed by atoms with van der Waals surface area (Å²) in [6, 6.07) is 14.4. The number of benzene rings is 2. The summed E-state index contributed by atoms with van der Waals surface area (Å²) in [5.41, 5.74) is 3.55. The Morgan fingerprint density at radius 2 is 1.82 bits per heavy atom. The predicted molar refractivity (Wildman–Crippen MR) is 115 cm³/mol. The van der Waals surface area contributed by atoms with E-state index in [1.165, 1.54) is 6.21 Å². The SMILES string of the molecule is CC(C)(C)c1csc(-c2ccc(/C=N\OC(=O)Nc3ccc(Cl)cc3)cc2)n1. The molecule has 0 bridgehead atoms. The summed E-state index contributed by atoms with van der Waals surface area (Å²) >= 11 is 7.43. The summed E-state index contributed by atoms with van der Waals surface area (Å²) in [6.07, 6.45) is 0.806. The third kappa shape index (κ3) is 5.41. The van der Waals surface area contributed by atoms with Gasteiger partial charge in [-0.2, -0.15) is 0 Å². The Bertz CT molecular complexity index is 974. The van der Waals surface area contributed by atoms with Crippen LogP contribution in [0.2, 0.25) is 5.02 Å². The number of carbonyl (C=O) groups excluding carboxylic acids is 1. The number of thiazole rings is 1. The Hall–Kier alpha value is -2.70. The number of hydrogen-bond donors (Lipinski definition) is 1. The summed E-state index contributed by atoms with van der Waals surface area (Å²) in [7, 11) is 0. The van der Waals surface area contributed by atoms with Crippen molar-refractivity contribution in [3.8, 4) is 10.6 Å². The van der Waals surface area contributed by atoms with Crippen molar-refractivity contribution in [3.63, 3.8) is 0 Å². The van der Waals surface area contributed by atoms with E-state index in [1.807, 2.05) is 24.3 Å². The zero-order valence-corrected chi connectivity index (χ0v) is 17.3. The molecule has 0 unspecified atom stereocenters. The summed E-state index contributed by atoms with van der Waals surface area (Å²) in [5, 5.41) is 9.94. The van der Waals surface area contributed by atoms with Gasteiger partial charge in [0.2, 0.25) is 0 Å². The monoisotopic (exact) mass is 413 g/mol. The van der Waals surface area contributed by atoms with Crippen LogP contribution in [0.15, 0.2) is 59.1 Å². The molecular weight excluding hydrogens is 394 g/mol. The fourth-order valence-corrected chi connectivity index (χ4v) is 3.45. The zero-order chi connectivity index (χ0) is 20.1. The van der Waals surface area contributed by atoms with Crippen LogP contribution >= 0.6 is 22.9 Å². The van der Waals surface area contributed by atoms with Crippen molar-refractivity contribution in [2.24, 2.45) is 5.16 Å². The van der Waals surface area contributed by atoms with E-state index in [1.54, 1.807) is 35.6 Å². The number of hydrogen-bond acceptors (Lipinski definition) is 5. The van der Waals surface area contributed by atoms with Gasteiger partial charge in [-0.25, -0.2) is 9.78 Å². The summed E-state index contributed by atoms with van der Waals surface area (Å²) < 4.78 is 0. The van der Waals surface area contributed by atoms with Gasteiger partial charge in [0.1, 0.15) is 5.01 Å². The maximum atomic E-state index is 11.7. The standard InChI is InChI=1S/C21H20ClN3O2S/c1-21(2,3)18-13-28-19(25-18)15-6-4-14(5-7-15)12-23-27-20(26)24-17-10-8-16(22)9-11-17/h4-13H,1-3H3,(H,24,26)/b23-12-. The lowest BCUT2D eigenvalue weighted by Crippen LogP contribution is -2.11. The average molecular weight is 414 g/mol. The van der Waals surface area contributed by atoms with E-state index in [-0.39, 0.29) is 5.41 Å². The molecule has 0 aliphatic heterocycles. The van der Waals surface area contributed by atoms with Gasteiger partial charge < -0.3 is 0 Å². The summed E-state index contributed by atoms with van der Waals surface area (Å²) in [6.45, 7) is 6.44. The highest BCUT2D eigenvalue weighted by atomic mass is 35.5. The van der Waals surface area contributed by atoms with Gasteiger partial charge in [-0.15, -0.1) is 11.3 Å². The van der Waals surface area contributed by atoms with E-state index in [4.69, 9.17) is 21.4 Å². The van der Waals surface area contributed by atoms with E-state index in [9.17, 15) is 4.79 Å². The summed E-state index contributed by atoms with van der Waals surface area (Å²) in [4.78, 5) is 21.2. The highest BCUT2D eigenvalue weighted by Gasteiger charge is 2.17. The minimum absolute atomic E-state index is 0.0330. The van der Waals surface area contributed by atoms with E-state index in [0.29, 0.717) is 10.7 Å². The molecule has 1 amide bonds. The second-order valence-corrected chi connectivity index (χ2v) is 8.45. The van der Waals surface area contributed by atoms with Crippen LogP contribution in [0, 0.1) is 0 Å². The van der Waals surface area contributed by atoms with Crippen LogP contribution in [-0.4, -0.2) is 17.3 Å². The van der Waals surface area contributed by atoms with Crippen LogP contribution in [-0.2, 0) is 10.3 Å². The topological polar surface area (TPSA) is 63.6 Å². The molecule has 0 saturated heterocycles. The first-order valence-corrected chi connectivity index (χ1v) is 9.90. The van der Waals surface area contributed by atoms with E-state index in [0.717, 1.165) is 21.8 Å². The second-order valence-electron chi connectivity index (χ2n) is 7.16. The summed E-state index contributed by atoms with van der Waals surface area (Å²) in [5.74, 6) is 0. The fourth-order valence-electron chi connectivity index (χ4n) is 2.27. The van der Waals surface area contributed by atoms with Crippen LogP contribution in [0.4, 0.5) is 10.5 Å². The normalized spacial score (nSPS) is 11.6. The zero-order valence-electron chi connectivity index (χ0n) is 15.8. The third-order valence-corrected chi connectivity index (χ3v) is 5.00. The molecule has 2 aromatic carbocycles. The van der Waals surface area contributed by atoms with E-state index >= 15 is 0 Å². The molecule has 1 N–H and O–H groups in total. The molecule has 0 aliphatic rings. The number of anilines is 1. The van der Waals surface area contributed by atoms with E-state index < -0.39 is 6.09 Å². The Morgan fingerprint density at radius 1 is 1.14 bits per heavy atom. The van der Waals surface area contributed by atoms with E-state index in [2.05, 4.69) is 36.6 Å². The van der Waals surface area contributed by atoms with Gasteiger partial charge in [0.05, 0.1) is 11.9 Å². The number of oxime groups is 1. The van der Waals surface area contributed by atoms with Crippen LogP contribution in [0.1, 0.15) is 32.0 Å². The maximum absolute atomic E-state index is 11.7. The van der Waals surface area contributed by atoms with Crippen LogP contribution in [0.25, 0.3) is 10.6 Å². The maximum Gasteiger partial charge on any atom is 0.437 e. The molecule has 7 heteroatoms. The van der Waals surface area contributed by atoms with Gasteiger partial charge in [-0.1, -0.05) is 61.8 Å². The molecule has 0 saturated carbocycles. The molecule has 3 rings (SSSR count). The molecule has 144 valence electrons. The smallest absolute Gasteiger partial charge is 0.298 e. The largest absolute Gasteiger partial charge is 0.437 e. The van der Waals surface area contributed by atoms with Crippen molar-refractivity contribution in [1.29, 1.82) is 0 Å². The Balaban J connectivity index is 1.57. The highest BCUT2D eigenvalue weighted by Crippen LogP contribution is 2.29. The predicted octanol–water partition coefficient (Wildman–Crippen LogP) is 6.34. The van der Waals surface area contributed by atoms with Crippen molar-refractivity contribution >= 4 is 40.9 Å². The minimum Gasteiger partial charge on any atom is -0.298 e. The third-order valence-electron chi connectivity index (χ3n) is 3.86. The molecule has 28 heavy (non-hydrogen) atoms. The lowest BCUT2D eigenvalue weighted by molar-refractivity contribution is 0.167. The van der Waals surface area contributed by atoms with Crippen molar-refractivity contribution in [1.82, 2.24) is 4.98 Å². The van der Waals surface area contributed by atoms with Crippen molar-refractivity contribution < 1.29 is 9.63 Å². The fraction of sp³-hybridized carbons (Fsp3) is 0.190. The van der Waals surface area contributed by atoms with Crippen molar-refractivity contribution in [2.45, 2.75) is 26.2 Å². The molecule has 1 heterocycles. The number of amides is 1. The van der Waals surface area contributed by atoms with Crippen LogP contribution in [0.3, 0.4) is 0 Å². The van der Waals surface area contributed by atoms with Crippen molar-refractivity contribution in [2.75, 3.05) is 5.32 Å². The number of carbonyl (C=O) groups is 1. The van der Waals surface area contributed by atoms with Crippen LogP contribution < -0.4 is 5.32 Å². The number of aromatic nitrogens is 1. The first kappa shape index (κ1) is 20.0. The first-order valence-electron chi connectivity index (χ1n) is 8.65. The number of nitrogens with one attached hydrogen (secondary N) is 1. The first-order chi connectivity index (χ1) is 13.3. The molecule has 3 aromatic rings. The Kier molecular flexibility index (Phi) is 6.11. The van der Waals surface area contributed by atoms with Gasteiger partial charge in [0.25, 0.3) is 0 Å². The van der Waals surface area contributed by atoms with Gasteiger partial charge in [0, 0.05) is 27.1 Å². The average Bonchev–Trinajstić information content (AvgIpc) is 3.15. The highest BCUT2D eigenvalue weighted by molar-refractivity contribution is 7.13.